The number of rotatable bonds is 12. The minimum absolute atomic E-state index is 0.0797. The van der Waals surface area contributed by atoms with Gasteiger partial charge >= 0.3 is 6.09 Å². The Hall–Kier alpha value is -2.26. The van der Waals surface area contributed by atoms with Crippen molar-refractivity contribution in [2.75, 3.05) is 33.9 Å². The summed E-state index contributed by atoms with van der Waals surface area (Å²) in [7, 11) is 3.26. The fraction of sp³-hybridized carbons (Fsp3) is 0.579. The Morgan fingerprint density at radius 1 is 1.11 bits per heavy atom. The van der Waals surface area contributed by atoms with Crippen LogP contribution >= 0.6 is 0 Å². The summed E-state index contributed by atoms with van der Waals surface area (Å²) in [5, 5.41) is 8.33. The number of alkyl carbamates (subject to hydrolysis) is 1. The average molecular weight is 401 g/mol. The van der Waals surface area contributed by atoms with Crippen LogP contribution in [0.4, 0.5) is 13.6 Å². The van der Waals surface area contributed by atoms with E-state index in [1.54, 1.807) is 14.0 Å². The highest BCUT2D eigenvalue weighted by Crippen LogP contribution is 2.12. The van der Waals surface area contributed by atoms with Gasteiger partial charge in [-0.2, -0.15) is 0 Å². The largest absolute Gasteiger partial charge is 0.447 e. The van der Waals surface area contributed by atoms with Crippen LogP contribution in [0.15, 0.2) is 18.2 Å². The zero-order valence-corrected chi connectivity index (χ0v) is 16.5. The number of carbonyl (C=O) groups is 2. The first kappa shape index (κ1) is 23.8. The maximum absolute atomic E-state index is 13.4. The highest BCUT2D eigenvalue weighted by Gasteiger charge is 2.22. The molecule has 7 nitrogen and oxygen atoms in total. The number of amides is 2. The fourth-order valence-electron chi connectivity index (χ4n) is 2.61. The molecule has 0 heterocycles. The molecule has 0 spiro atoms. The fourth-order valence-corrected chi connectivity index (χ4v) is 2.61. The van der Waals surface area contributed by atoms with Crippen LogP contribution in [0.5, 0.6) is 0 Å². The van der Waals surface area contributed by atoms with Crippen molar-refractivity contribution < 1.29 is 27.8 Å². The van der Waals surface area contributed by atoms with E-state index < -0.39 is 23.8 Å². The number of benzene rings is 1. The van der Waals surface area contributed by atoms with Crippen molar-refractivity contribution in [2.45, 2.75) is 38.3 Å². The van der Waals surface area contributed by atoms with Crippen molar-refractivity contribution in [1.29, 1.82) is 0 Å². The van der Waals surface area contributed by atoms with Gasteiger partial charge in [0.15, 0.2) is 0 Å². The smallest absolute Gasteiger partial charge is 0.407 e. The molecule has 2 atom stereocenters. The van der Waals surface area contributed by atoms with Crippen LogP contribution in [0.1, 0.15) is 25.3 Å². The molecule has 0 saturated heterocycles. The van der Waals surface area contributed by atoms with Gasteiger partial charge in [0.2, 0.25) is 5.91 Å². The van der Waals surface area contributed by atoms with Crippen molar-refractivity contribution in [1.82, 2.24) is 16.0 Å². The minimum Gasteiger partial charge on any atom is -0.447 e. The molecule has 3 N–H and O–H groups in total. The van der Waals surface area contributed by atoms with E-state index in [1.165, 1.54) is 19.2 Å². The van der Waals surface area contributed by atoms with Gasteiger partial charge in [0.1, 0.15) is 24.3 Å². The van der Waals surface area contributed by atoms with Gasteiger partial charge in [0.05, 0.1) is 6.61 Å². The van der Waals surface area contributed by atoms with E-state index in [2.05, 4.69) is 16.0 Å². The van der Waals surface area contributed by atoms with Gasteiger partial charge in [-0.05, 0) is 50.6 Å². The molecule has 0 radical (unpaired) electrons. The Morgan fingerprint density at radius 2 is 1.79 bits per heavy atom. The molecular formula is C19H29F2N3O4. The number of hydrogen-bond donors (Lipinski definition) is 3. The molecule has 0 fully saturated rings. The Balaban J connectivity index is 2.71. The van der Waals surface area contributed by atoms with E-state index in [0.29, 0.717) is 24.9 Å². The van der Waals surface area contributed by atoms with Gasteiger partial charge in [-0.25, -0.2) is 13.6 Å². The second-order valence-electron chi connectivity index (χ2n) is 6.31. The first-order valence-electron chi connectivity index (χ1n) is 9.21. The predicted molar refractivity (Wildman–Crippen MR) is 101 cm³/mol. The summed E-state index contributed by atoms with van der Waals surface area (Å²) in [6, 6.07) is 2.14. The summed E-state index contributed by atoms with van der Waals surface area (Å²) < 4.78 is 36.6. The molecule has 0 aliphatic rings. The van der Waals surface area contributed by atoms with Crippen LogP contribution in [-0.2, 0) is 20.7 Å². The third kappa shape index (κ3) is 9.09. The standard InChI is InChI=1S/C19H29F2N3O4/c1-4-17(24-19(26)28-8-7-27-3)18(25)23-16(5-6-22-2)11-13-9-14(20)12-15(21)10-13/h9-10,12,16-17,22H,4-8,11H2,1-3H3,(H,23,25)(H,24,26)/t16-,17-/m1/s1. The highest BCUT2D eigenvalue weighted by molar-refractivity contribution is 5.85. The van der Waals surface area contributed by atoms with Gasteiger partial charge in [0.25, 0.3) is 0 Å². The quantitative estimate of drug-likeness (QED) is 0.465. The van der Waals surface area contributed by atoms with Crippen LogP contribution in [-0.4, -0.2) is 58.0 Å². The summed E-state index contributed by atoms with van der Waals surface area (Å²) in [6.07, 6.45) is 0.461. The minimum atomic E-state index is -0.781. The molecular weight excluding hydrogens is 372 g/mol. The summed E-state index contributed by atoms with van der Waals surface area (Å²) in [5.74, 6) is -1.72. The number of halogens is 2. The van der Waals surface area contributed by atoms with Gasteiger partial charge in [-0.1, -0.05) is 6.92 Å². The highest BCUT2D eigenvalue weighted by atomic mass is 19.1. The SMILES string of the molecule is CC[C@@H](NC(=O)OCCOC)C(=O)N[C@H](CCNC)Cc1cc(F)cc(F)c1. The lowest BCUT2D eigenvalue weighted by atomic mass is 10.0. The maximum atomic E-state index is 13.4. The molecule has 158 valence electrons. The lowest BCUT2D eigenvalue weighted by Gasteiger charge is -2.23. The van der Waals surface area contributed by atoms with E-state index in [9.17, 15) is 18.4 Å². The normalized spacial score (nSPS) is 12.9. The van der Waals surface area contributed by atoms with E-state index in [-0.39, 0.29) is 31.6 Å². The van der Waals surface area contributed by atoms with Gasteiger partial charge in [0, 0.05) is 19.2 Å². The number of carbonyl (C=O) groups excluding carboxylic acids is 2. The summed E-state index contributed by atoms with van der Waals surface area (Å²) >= 11 is 0. The molecule has 9 heteroatoms. The first-order valence-corrected chi connectivity index (χ1v) is 9.21. The Labute approximate surface area is 164 Å². The van der Waals surface area contributed by atoms with Crippen LogP contribution in [0.2, 0.25) is 0 Å². The number of hydrogen-bond acceptors (Lipinski definition) is 5. The average Bonchev–Trinajstić information content (AvgIpc) is 2.63. The van der Waals surface area contributed by atoms with Crippen LogP contribution in [0.25, 0.3) is 0 Å². The Morgan fingerprint density at radius 3 is 2.36 bits per heavy atom. The van der Waals surface area contributed by atoms with E-state index in [4.69, 9.17) is 9.47 Å². The van der Waals surface area contributed by atoms with Crippen molar-refractivity contribution in [2.24, 2.45) is 0 Å². The Bertz CT molecular complexity index is 611. The molecule has 1 aromatic carbocycles. The number of methoxy groups -OCH3 is 1. The summed E-state index contributed by atoms with van der Waals surface area (Å²) in [5.41, 5.74) is 0.443. The second kappa shape index (κ2) is 13.0. The van der Waals surface area contributed by atoms with Crippen molar-refractivity contribution in [3.05, 3.63) is 35.4 Å². The first-order chi connectivity index (χ1) is 13.4. The van der Waals surface area contributed by atoms with Crippen molar-refractivity contribution in [3.63, 3.8) is 0 Å². The molecule has 2 amide bonds. The lowest BCUT2D eigenvalue weighted by Crippen LogP contribution is -2.50. The van der Waals surface area contributed by atoms with E-state index >= 15 is 0 Å². The summed E-state index contributed by atoms with van der Waals surface area (Å²) in [6.45, 7) is 2.69. The molecule has 0 aliphatic carbocycles. The molecule has 0 aromatic heterocycles. The zero-order chi connectivity index (χ0) is 20.9. The number of ether oxygens (including phenoxy) is 2. The molecule has 0 saturated carbocycles. The molecule has 0 unspecified atom stereocenters. The molecule has 0 bridgehead atoms. The van der Waals surface area contributed by atoms with E-state index in [1.807, 2.05) is 0 Å². The molecule has 0 aliphatic heterocycles. The van der Waals surface area contributed by atoms with Gasteiger partial charge in [-0.15, -0.1) is 0 Å². The van der Waals surface area contributed by atoms with E-state index in [0.717, 1.165) is 6.07 Å². The lowest BCUT2D eigenvalue weighted by molar-refractivity contribution is -0.123. The molecule has 28 heavy (non-hydrogen) atoms. The molecule has 1 aromatic rings. The number of nitrogens with one attached hydrogen (secondary N) is 3. The summed E-state index contributed by atoms with van der Waals surface area (Å²) in [4.78, 5) is 24.3. The predicted octanol–water partition coefficient (Wildman–Crippen LogP) is 1.75. The molecule has 1 rings (SSSR count). The van der Waals surface area contributed by atoms with Gasteiger partial charge in [-0.3, -0.25) is 4.79 Å². The monoisotopic (exact) mass is 401 g/mol. The third-order valence-electron chi connectivity index (χ3n) is 4.03. The Kier molecular flexibility index (Phi) is 11.0. The van der Waals surface area contributed by atoms with Crippen molar-refractivity contribution >= 4 is 12.0 Å². The maximum Gasteiger partial charge on any atom is 0.407 e. The zero-order valence-electron chi connectivity index (χ0n) is 16.5. The van der Waals surface area contributed by atoms with Crippen molar-refractivity contribution in [3.8, 4) is 0 Å². The second-order valence-corrected chi connectivity index (χ2v) is 6.31. The van der Waals surface area contributed by atoms with Gasteiger partial charge < -0.3 is 25.4 Å². The van der Waals surface area contributed by atoms with Crippen LogP contribution < -0.4 is 16.0 Å². The topological polar surface area (TPSA) is 88.7 Å². The van der Waals surface area contributed by atoms with Crippen LogP contribution in [0.3, 0.4) is 0 Å². The van der Waals surface area contributed by atoms with Crippen LogP contribution in [0, 0.1) is 11.6 Å². The third-order valence-corrected chi connectivity index (χ3v) is 4.03.